The van der Waals surface area contributed by atoms with Crippen LogP contribution in [-0.4, -0.2) is 33.6 Å². The Bertz CT molecular complexity index is 1160. The minimum Gasteiger partial charge on any atom is -0.365 e. The second-order valence-electron chi connectivity index (χ2n) is 7.24. The van der Waals surface area contributed by atoms with Crippen molar-refractivity contribution in [3.8, 4) is 0 Å². The van der Waals surface area contributed by atoms with Gasteiger partial charge in [0.2, 0.25) is 0 Å². The molecule has 156 valence electrons. The van der Waals surface area contributed by atoms with Gasteiger partial charge >= 0.3 is 0 Å². The Morgan fingerprint density at radius 2 is 1.61 bits per heavy atom. The molecule has 0 spiro atoms. The molecule has 1 aliphatic heterocycles. The van der Waals surface area contributed by atoms with Gasteiger partial charge in [0.25, 0.3) is 11.8 Å². The van der Waals surface area contributed by atoms with E-state index in [9.17, 15) is 9.59 Å². The second kappa shape index (κ2) is 8.92. The van der Waals surface area contributed by atoms with Crippen LogP contribution in [0.5, 0.6) is 0 Å². The molecule has 2 aromatic carbocycles. The Kier molecular flexibility index (Phi) is 6.07. The van der Waals surface area contributed by atoms with Crippen LogP contribution in [0, 0.1) is 0 Å². The number of pyridine rings is 1. The van der Waals surface area contributed by atoms with Crippen LogP contribution < -0.4 is 0 Å². The van der Waals surface area contributed by atoms with Crippen LogP contribution in [0.25, 0.3) is 5.57 Å². The number of aromatic nitrogens is 1. The van der Waals surface area contributed by atoms with Gasteiger partial charge in [-0.3, -0.25) is 19.5 Å². The first-order chi connectivity index (χ1) is 15.0. The van der Waals surface area contributed by atoms with E-state index in [2.05, 4.69) is 4.98 Å². The first-order valence-corrected chi connectivity index (χ1v) is 10.4. The number of amides is 2. The maximum absolute atomic E-state index is 13.4. The lowest BCUT2D eigenvalue weighted by Gasteiger charge is -2.21. The summed E-state index contributed by atoms with van der Waals surface area (Å²) in [6.45, 7) is 0.616. The van der Waals surface area contributed by atoms with Gasteiger partial charge in [-0.1, -0.05) is 59.6 Å². The van der Waals surface area contributed by atoms with E-state index in [4.69, 9.17) is 23.2 Å². The smallest absolute Gasteiger partial charge is 0.278 e. The Hall–Kier alpha value is -3.15. The number of benzene rings is 2. The summed E-state index contributed by atoms with van der Waals surface area (Å²) >= 11 is 12.5. The van der Waals surface area contributed by atoms with Crippen molar-refractivity contribution in [1.82, 2.24) is 14.8 Å². The summed E-state index contributed by atoms with van der Waals surface area (Å²) < 4.78 is 0. The van der Waals surface area contributed by atoms with E-state index in [1.165, 1.54) is 4.90 Å². The van der Waals surface area contributed by atoms with Crippen LogP contribution >= 0.6 is 23.2 Å². The van der Waals surface area contributed by atoms with Crippen molar-refractivity contribution in [2.24, 2.45) is 0 Å². The first kappa shape index (κ1) is 21.1. The number of halogens is 2. The second-order valence-corrected chi connectivity index (χ2v) is 8.08. The lowest BCUT2D eigenvalue weighted by Crippen LogP contribution is -2.33. The maximum atomic E-state index is 13.4. The summed E-state index contributed by atoms with van der Waals surface area (Å²) in [5.41, 5.74) is 2.90. The van der Waals surface area contributed by atoms with Gasteiger partial charge in [-0.2, -0.15) is 0 Å². The lowest BCUT2D eigenvalue weighted by molar-refractivity contribution is -0.138. The van der Waals surface area contributed by atoms with Gasteiger partial charge < -0.3 is 4.90 Å². The van der Waals surface area contributed by atoms with Crippen LogP contribution in [0.4, 0.5) is 0 Å². The molecule has 1 aliphatic rings. The molecule has 0 saturated heterocycles. The van der Waals surface area contributed by atoms with Gasteiger partial charge in [0, 0.05) is 36.6 Å². The third-order valence-electron chi connectivity index (χ3n) is 5.08. The molecule has 31 heavy (non-hydrogen) atoms. The molecule has 4 rings (SSSR count). The predicted molar refractivity (Wildman–Crippen MR) is 121 cm³/mol. The lowest BCUT2D eigenvalue weighted by atomic mass is 10.0. The number of likely N-dealkylation sites (N-methyl/N-ethyl adjacent to an activating group) is 1. The quantitative estimate of drug-likeness (QED) is 0.505. The van der Waals surface area contributed by atoms with Crippen molar-refractivity contribution in [2.45, 2.75) is 13.1 Å². The third-order valence-corrected chi connectivity index (χ3v) is 5.63. The number of nitrogens with zero attached hydrogens (tertiary/aromatic N) is 3. The van der Waals surface area contributed by atoms with Crippen molar-refractivity contribution in [3.05, 3.63) is 105 Å². The van der Waals surface area contributed by atoms with Gasteiger partial charge in [-0.25, -0.2) is 0 Å². The molecule has 0 fully saturated rings. The number of carbonyl (C=O) groups is 2. The van der Waals surface area contributed by atoms with Crippen molar-refractivity contribution < 1.29 is 9.59 Å². The Morgan fingerprint density at radius 3 is 2.29 bits per heavy atom. The highest BCUT2D eigenvalue weighted by Gasteiger charge is 2.41. The summed E-state index contributed by atoms with van der Waals surface area (Å²) in [5.74, 6) is -0.748. The van der Waals surface area contributed by atoms with Crippen LogP contribution in [0.2, 0.25) is 10.0 Å². The third kappa shape index (κ3) is 4.33. The molecule has 0 atom stereocenters. The van der Waals surface area contributed by atoms with E-state index < -0.39 is 0 Å². The minimum absolute atomic E-state index is 0.150. The average molecular weight is 452 g/mol. The van der Waals surface area contributed by atoms with E-state index in [1.54, 1.807) is 54.7 Å². The molecule has 1 aromatic heterocycles. The van der Waals surface area contributed by atoms with E-state index in [0.29, 0.717) is 27.9 Å². The average Bonchev–Trinajstić information content (AvgIpc) is 3.00. The zero-order chi connectivity index (χ0) is 22.0. The van der Waals surface area contributed by atoms with Gasteiger partial charge in [-0.05, 0) is 35.4 Å². The SMILES string of the molecule is CN(Cc1ccccc1)C1=C(c2ccc(Cl)cc2Cl)C(=O)N(Cc2ccncc2)C1=O. The highest BCUT2D eigenvalue weighted by Crippen LogP contribution is 2.36. The molecule has 0 N–H and O–H groups in total. The molecule has 2 amide bonds. The summed E-state index contributed by atoms with van der Waals surface area (Å²) in [6.07, 6.45) is 3.26. The van der Waals surface area contributed by atoms with Crippen molar-refractivity contribution >= 4 is 40.6 Å². The number of carbonyl (C=O) groups excluding carboxylic acids is 2. The molecule has 0 bridgehead atoms. The molecule has 0 unspecified atom stereocenters. The molecule has 0 aliphatic carbocycles. The summed E-state index contributed by atoms with van der Waals surface area (Å²) in [5, 5.41) is 0.777. The highest BCUT2D eigenvalue weighted by atomic mass is 35.5. The van der Waals surface area contributed by atoms with E-state index >= 15 is 0 Å². The molecule has 2 heterocycles. The zero-order valence-corrected chi connectivity index (χ0v) is 18.3. The van der Waals surface area contributed by atoms with Gasteiger partial charge in [-0.15, -0.1) is 0 Å². The monoisotopic (exact) mass is 451 g/mol. The number of hydrogen-bond donors (Lipinski definition) is 0. The topological polar surface area (TPSA) is 53.5 Å². The van der Waals surface area contributed by atoms with Gasteiger partial charge in [0.1, 0.15) is 5.70 Å². The van der Waals surface area contributed by atoms with E-state index in [-0.39, 0.29) is 23.9 Å². The number of hydrogen-bond acceptors (Lipinski definition) is 4. The molecular weight excluding hydrogens is 433 g/mol. The predicted octanol–water partition coefficient (Wildman–Crippen LogP) is 4.80. The Morgan fingerprint density at radius 1 is 0.903 bits per heavy atom. The standard InChI is InChI=1S/C24H19Cl2N3O2/c1-28(14-16-5-3-2-4-6-16)22-21(19-8-7-18(25)13-20(19)26)23(30)29(24(22)31)15-17-9-11-27-12-10-17/h2-13H,14-15H2,1H3. The normalized spacial score (nSPS) is 13.8. The maximum Gasteiger partial charge on any atom is 0.278 e. The molecule has 5 nitrogen and oxygen atoms in total. The Balaban J connectivity index is 1.77. The van der Waals surface area contributed by atoms with Crippen molar-refractivity contribution in [3.63, 3.8) is 0 Å². The van der Waals surface area contributed by atoms with Crippen LogP contribution in [0.1, 0.15) is 16.7 Å². The fraction of sp³-hybridized carbons (Fsp3) is 0.125. The highest BCUT2D eigenvalue weighted by molar-refractivity contribution is 6.41. The molecule has 3 aromatic rings. The summed E-state index contributed by atoms with van der Waals surface area (Å²) in [4.78, 5) is 33.9. The Labute approximate surface area is 190 Å². The molecule has 0 saturated carbocycles. The largest absolute Gasteiger partial charge is 0.365 e. The first-order valence-electron chi connectivity index (χ1n) is 9.65. The van der Waals surface area contributed by atoms with Gasteiger partial charge in [0.05, 0.1) is 17.1 Å². The zero-order valence-electron chi connectivity index (χ0n) is 16.8. The van der Waals surface area contributed by atoms with Crippen LogP contribution in [-0.2, 0) is 22.7 Å². The van der Waals surface area contributed by atoms with E-state index in [0.717, 1.165) is 11.1 Å². The molecular formula is C24H19Cl2N3O2. The fourth-order valence-electron chi connectivity index (χ4n) is 3.60. The molecule has 0 radical (unpaired) electrons. The van der Waals surface area contributed by atoms with Gasteiger partial charge in [0.15, 0.2) is 0 Å². The van der Waals surface area contributed by atoms with Crippen molar-refractivity contribution in [2.75, 3.05) is 7.05 Å². The number of rotatable bonds is 6. The van der Waals surface area contributed by atoms with Crippen LogP contribution in [0.15, 0.2) is 78.8 Å². The summed E-state index contributed by atoms with van der Waals surface area (Å²) in [6, 6.07) is 18.2. The summed E-state index contributed by atoms with van der Waals surface area (Å²) in [7, 11) is 1.80. The number of imide groups is 1. The minimum atomic E-state index is -0.388. The molecule has 7 heteroatoms. The fourth-order valence-corrected chi connectivity index (χ4v) is 4.11. The van der Waals surface area contributed by atoms with Crippen LogP contribution in [0.3, 0.4) is 0 Å². The van der Waals surface area contributed by atoms with Crippen molar-refractivity contribution in [1.29, 1.82) is 0 Å². The van der Waals surface area contributed by atoms with E-state index in [1.807, 2.05) is 30.3 Å².